The first-order valence-corrected chi connectivity index (χ1v) is 7.33. The SMILES string of the molecule is Cc1cc(C)c(C)c(C(=O)CN2CCCCC2)c1C.Cl. The molecule has 1 aliphatic heterocycles. The molecule has 0 N–H and O–H groups in total. The summed E-state index contributed by atoms with van der Waals surface area (Å²) in [4.78, 5) is 14.9. The van der Waals surface area contributed by atoms with Gasteiger partial charge in [-0.15, -0.1) is 12.4 Å². The standard InChI is InChI=1S/C17H25NO.ClH/c1-12-10-13(2)15(4)17(14(12)3)16(19)11-18-8-6-5-7-9-18;/h10H,5-9,11H2,1-4H3;1H. The third kappa shape index (κ3) is 3.62. The molecule has 112 valence electrons. The topological polar surface area (TPSA) is 20.3 Å². The van der Waals surface area contributed by atoms with Crippen LogP contribution in [0, 0.1) is 27.7 Å². The van der Waals surface area contributed by atoms with Crippen molar-refractivity contribution in [3.8, 4) is 0 Å². The molecule has 1 fully saturated rings. The maximum absolute atomic E-state index is 12.6. The van der Waals surface area contributed by atoms with Gasteiger partial charge in [-0.1, -0.05) is 12.5 Å². The van der Waals surface area contributed by atoms with Gasteiger partial charge in [0.25, 0.3) is 0 Å². The van der Waals surface area contributed by atoms with Crippen molar-refractivity contribution in [2.75, 3.05) is 19.6 Å². The molecule has 3 heteroatoms. The van der Waals surface area contributed by atoms with E-state index in [9.17, 15) is 4.79 Å². The number of hydrogen-bond acceptors (Lipinski definition) is 2. The first-order chi connectivity index (χ1) is 9.00. The molecule has 20 heavy (non-hydrogen) atoms. The Bertz CT molecular complexity index is 464. The van der Waals surface area contributed by atoms with Crippen LogP contribution in [0.25, 0.3) is 0 Å². The van der Waals surface area contributed by atoms with Gasteiger partial charge in [0.05, 0.1) is 6.54 Å². The van der Waals surface area contributed by atoms with Gasteiger partial charge in [0, 0.05) is 5.56 Å². The van der Waals surface area contributed by atoms with Crippen LogP contribution in [-0.4, -0.2) is 30.3 Å². The number of aryl methyl sites for hydroxylation is 2. The molecule has 0 unspecified atom stereocenters. The average Bonchev–Trinajstić information content (AvgIpc) is 2.38. The Morgan fingerprint density at radius 2 is 1.50 bits per heavy atom. The van der Waals surface area contributed by atoms with Crippen molar-refractivity contribution in [3.05, 3.63) is 33.9 Å². The highest BCUT2D eigenvalue weighted by atomic mass is 35.5. The van der Waals surface area contributed by atoms with E-state index in [0.29, 0.717) is 12.3 Å². The summed E-state index contributed by atoms with van der Waals surface area (Å²) in [5.74, 6) is 0.295. The number of piperidine rings is 1. The van der Waals surface area contributed by atoms with Crippen LogP contribution >= 0.6 is 12.4 Å². The quantitative estimate of drug-likeness (QED) is 0.785. The van der Waals surface area contributed by atoms with Gasteiger partial charge >= 0.3 is 0 Å². The number of carbonyl (C=O) groups excluding carboxylic acids is 1. The molecule has 1 saturated heterocycles. The van der Waals surface area contributed by atoms with Crippen molar-refractivity contribution in [1.82, 2.24) is 4.90 Å². The molecule has 0 bridgehead atoms. The van der Waals surface area contributed by atoms with Crippen LogP contribution in [0.15, 0.2) is 6.07 Å². The van der Waals surface area contributed by atoms with Crippen molar-refractivity contribution in [3.63, 3.8) is 0 Å². The van der Waals surface area contributed by atoms with Gasteiger partial charge in [0.2, 0.25) is 0 Å². The number of hydrogen-bond donors (Lipinski definition) is 0. The van der Waals surface area contributed by atoms with Crippen molar-refractivity contribution in [1.29, 1.82) is 0 Å². The summed E-state index contributed by atoms with van der Waals surface area (Å²) in [6.45, 7) is 11.1. The highest BCUT2D eigenvalue weighted by molar-refractivity contribution is 6.00. The molecule has 0 amide bonds. The van der Waals surface area contributed by atoms with Crippen LogP contribution in [0.1, 0.15) is 51.9 Å². The largest absolute Gasteiger partial charge is 0.296 e. The maximum Gasteiger partial charge on any atom is 0.177 e. The summed E-state index contributed by atoms with van der Waals surface area (Å²) in [6, 6.07) is 2.18. The molecule has 0 atom stereocenters. The van der Waals surface area contributed by atoms with Gasteiger partial charge in [0.1, 0.15) is 0 Å². The van der Waals surface area contributed by atoms with Crippen molar-refractivity contribution < 1.29 is 4.79 Å². The Morgan fingerprint density at radius 3 is 2.00 bits per heavy atom. The monoisotopic (exact) mass is 295 g/mol. The van der Waals surface area contributed by atoms with E-state index in [1.165, 1.54) is 30.4 Å². The third-order valence-electron chi connectivity index (χ3n) is 4.46. The minimum atomic E-state index is 0. The lowest BCUT2D eigenvalue weighted by Gasteiger charge is -2.26. The van der Waals surface area contributed by atoms with Crippen LogP contribution in [0.5, 0.6) is 0 Å². The van der Waals surface area contributed by atoms with Gasteiger partial charge in [-0.2, -0.15) is 0 Å². The summed E-state index contributed by atoms with van der Waals surface area (Å²) in [5, 5.41) is 0. The summed E-state index contributed by atoms with van der Waals surface area (Å²) in [5.41, 5.74) is 5.73. The predicted octanol–water partition coefficient (Wildman–Crippen LogP) is 4.01. The molecule has 0 aromatic heterocycles. The molecule has 0 spiro atoms. The number of carbonyl (C=O) groups is 1. The maximum atomic E-state index is 12.6. The van der Waals surface area contributed by atoms with Gasteiger partial charge in [-0.25, -0.2) is 0 Å². The molecule has 2 rings (SSSR count). The fourth-order valence-corrected chi connectivity index (χ4v) is 3.03. The van der Waals surface area contributed by atoms with Gasteiger partial charge < -0.3 is 0 Å². The normalized spacial score (nSPS) is 15.8. The van der Waals surface area contributed by atoms with Crippen LogP contribution in [0.4, 0.5) is 0 Å². The van der Waals surface area contributed by atoms with Crippen LogP contribution < -0.4 is 0 Å². The highest BCUT2D eigenvalue weighted by Crippen LogP contribution is 2.22. The van der Waals surface area contributed by atoms with Crippen LogP contribution in [0.3, 0.4) is 0 Å². The molecule has 0 saturated carbocycles. The molecule has 1 aromatic rings. The van der Waals surface area contributed by atoms with E-state index < -0.39 is 0 Å². The zero-order chi connectivity index (χ0) is 14.0. The van der Waals surface area contributed by atoms with Crippen molar-refractivity contribution in [2.45, 2.75) is 47.0 Å². The summed E-state index contributed by atoms with van der Waals surface area (Å²) in [6.07, 6.45) is 3.78. The number of nitrogens with zero attached hydrogens (tertiary/aromatic N) is 1. The minimum absolute atomic E-state index is 0. The number of halogens is 1. The molecular formula is C17H26ClNO. The Kier molecular flexibility index (Phi) is 6.22. The number of Topliss-reactive ketones (excluding diaryl/α,β-unsaturated/α-hetero) is 1. The lowest BCUT2D eigenvalue weighted by Crippen LogP contribution is -2.35. The second kappa shape index (κ2) is 7.24. The number of ketones is 1. The minimum Gasteiger partial charge on any atom is -0.296 e. The number of benzene rings is 1. The predicted molar refractivity (Wildman–Crippen MR) is 87.3 cm³/mol. The third-order valence-corrected chi connectivity index (χ3v) is 4.46. The lowest BCUT2D eigenvalue weighted by atomic mass is 9.91. The summed E-state index contributed by atoms with van der Waals surface area (Å²) in [7, 11) is 0. The fraction of sp³-hybridized carbons (Fsp3) is 0.588. The van der Waals surface area contributed by atoms with Gasteiger partial charge in [0.15, 0.2) is 5.78 Å². The van der Waals surface area contributed by atoms with E-state index in [1.54, 1.807) is 0 Å². The Morgan fingerprint density at radius 1 is 1.00 bits per heavy atom. The van der Waals surface area contributed by atoms with Crippen molar-refractivity contribution in [2.24, 2.45) is 0 Å². The van der Waals surface area contributed by atoms with E-state index in [-0.39, 0.29) is 12.4 Å². The Balaban J connectivity index is 0.00000200. The van der Waals surface area contributed by atoms with E-state index in [1.807, 2.05) is 0 Å². The number of likely N-dealkylation sites (tertiary alicyclic amines) is 1. The molecule has 1 heterocycles. The summed E-state index contributed by atoms with van der Waals surface area (Å²) < 4.78 is 0. The first kappa shape index (κ1) is 17.2. The second-order valence-electron chi connectivity index (χ2n) is 5.90. The van der Waals surface area contributed by atoms with E-state index in [0.717, 1.165) is 29.8 Å². The average molecular weight is 296 g/mol. The molecule has 1 aliphatic rings. The molecular weight excluding hydrogens is 270 g/mol. The summed E-state index contributed by atoms with van der Waals surface area (Å²) >= 11 is 0. The molecule has 0 radical (unpaired) electrons. The first-order valence-electron chi connectivity index (χ1n) is 7.33. The molecule has 2 nitrogen and oxygen atoms in total. The van der Waals surface area contributed by atoms with Crippen LogP contribution in [-0.2, 0) is 0 Å². The van der Waals surface area contributed by atoms with Gasteiger partial charge in [-0.05, 0) is 75.9 Å². The Labute approximate surface area is 129 Å². The number of rotatable bonds is 3. The smallest absolute Gasteiger partial charge is 0.177 e. The molecule has 1 aromatic carbocycles. The van der Waals surface area contributed by atoms with Gasteiger partial charge in [-0.3, -0.25) is 9.69 Å². The van der Waals surface area contributed by atoms with Crippen molar-refractivity contribution >= 4 is 18.2 Å². The highest BCUT2D eigenvalue weighted by Gasteiger charge is 2.19. The molecule has 0 aliphatic carbocycles. The zero-order valence-corrected chi connectivity index (χ0v) is 13.9. The van der Waals surface area contributed by atoms with E-state index in [2.05, 4.69) is 38.7 Å². The van der Waals surface area contributed by atoms with E-state index in [4.69, 9.17) is 0 Å². The zero-order valence-electron chi connectivity index (χ0n) is 13.1. The Hall–Kier alpha value is -0.860. The second-order valence-corrected chi connectivity index (χ2v) is 5.90. The fourth-order valence-electron chi connectivity index (χ4n) is 3.03. The lowest BCUT2D eigenvalue weighted by molar-refractivity contribution is 0.0914. The van der Waals surface area contributed by atoms with Crippen LogP contribution in [0.2, 0.25) is 0 Å². The van der Waals surface area contributed by atoms with E-state index >= 15 is 0 Å².